The average molecular weight is 355 g/mol. The molecule has 0 atom stereocenters. The van der Waals surface area contributed by atoms with Gasteiger partial charge in [-0.25, -0.2) is 0 Å². The molecule has 1 amide bonds. The third kappa shape index (κ3) is 4.08. The highest BCUT2D eigenvalue weighted by atomic mass is 79.9. The van der Waals surface area contributed by atoms with Crippen molar-refractivity contribution in [2.45, 2.75) is 25.0 Å². The molecule has 20 heavy (non-hydrogen) atoms. The van der Waals surface area contributed by atoms with E-state index in [1.807, 2.05) is 28.8 Å². The van der Waals surface area contributed by atoms with E-state index in [-0.39, 0.29) is 11.9 Å². The standard InChI is InChI=1S/C13H15BrN4OS/c1-9(2)18-8-15-17-13(18)20-7-12(19)16-11-5-3-10(14)4-6-11/h3-6,8-9H,7H2,1-2H3,(H,16,19). The van der Waals surface area contributed by atoms with Gasteiger partial charge in [0.25, 0.3) is 0 Å². The Morgan fingerprint density at radius 3 is 2.75 bits per heavy atom. The molecule has 0 spiro atoms. The molecule has 0 bridgehead atoms. The fourth-order valence-electron chi connectivity index (χ4n) is 1.55. The van der Waals surface area contributed by atoms with Crippen LogP contribution in [-0.2, 0) is 4.79 Å². The molecule has 2 rings (SSSR count). The van der Waals surface area contributed by atoms with Crippen LogP contribution < -0.4 is 5.32 Å². The third-order valence-corrected chi connectivity index (χ3v) is 4.04. The van der Waals surface area contributed by atoms with Crippen molar-refractivity contribution in [2.24, 2.45) is 0 Å². The van der Waals surface area contributed by atoms with Crippen molar-refractivity contribution < 1.29 is 4.79 Å². The van der Waals surface area contributed by atoms with Gasteiger partial charge in [0.2, 0.25) is 5.91 Å². The predicted octanol–water partition coefficient (Wildman–Crippen LogP) is 3.35. The molecule has 0 saturated heterocycles. The summed E-state index contributed by atoms with van der Waals surface area (Å²) in [6, 6.07) is 7.75. The predicted molar refractivity (Wildman–Crippen MR) is 83.9 cm³/mol. The van der Waals surface area contributed by atoms with Crippen molar-refractivity contribution in [3.63, 3.8) is 0 Å². The number of hydrogen-bond acceptors (Lipinski definition) is 4. The van der Waals surface area contributed by atoms with Crippen molar-refractivity contribution in [3.8, 4) is 0 Å². The highest BCUT2D eigenvalue weighted by molar-refractivity contribution is 9.10. The Bertz CT molecular complexity index is 582. The number of amides is 1. The maximum Gasteiger partial charge on any atom is 0.234 e. The van der Waals surface area contributed by atoms with E-state index in [4.69, 9.17) is 0 Å². The second-order valence-corrected chi connectivity index (χ2v) is 6.32. The SMILES string of the molecule is CC(C)n1cnnc1SCC(=O)Nc1ccc(Br)cc1. The van der Waals surface area contributed by atoms with Crippen LogP contribution in [0.5, 0.6) is 0 Å². The summed E-state index contributed by atoms with van der Waals surface area (Å²) in [4.78, 5) is 11.9. The number of aromatic nitrogens is 3. The Kier molecular flexibility index (Phi) is 5.19. The molecular weight excluding hydrogens is 340 g/mol. The van der Waals surface area contributed by atoms with E-state index in [9.17, 15) is 4.79 Å². The van der Waals surface area contributed by atoms with Gasteiger partial charge >= 0.3 is 0 Å². The minimum atomic E-state index is -0.0596. The number of thioether (sulfide) groups is 1. The largest absolute Gasteiger partial charge is 0.325 e. The van der Waals surface area contributed by atoms with Gasteiger partial charge in [0, 0.05) is 16.2 Å². The molecule has 7 heteroatoms. The lowest BCUT2D eigenvalue weighted by atomic mass is 10.3. The Balaban J connectivity index is 1.89. The highest BCUT2D eigenvalue weighted by Crippen LogP contribution is 2.19. The van der Waals surface area contributed by atoms with Gasteiger partial charge in [-0.1, -0.05) is 27.7 Å². The second kappa shape index (κ2) is 6.90. The van der Waals surface area contributed by atoms with Gasteiger partial charge < -0.3 is 9.88 Å². The van der Waals surface area contributed by atoms with Gasteiger partial charge in [-0.3, -0.25) is 4.79 Å². The van der Waals surface area contributed by atoms with Crippen LogP contribution >= 0.6 is 27.7 Å². The number of halogens is 1. The zero-order chi connectivity index (χ0) is 14.5. The van der Waals surface area contributed by atoms with Crippen LogP contribution in [0.4, 0.5) is 5.69 Å². The van der Waals surface area contributed by atoms with E-state index >= 15 is 0 Å². The number of anilines is 1. The maximum absolute atomic E-state index is 11.9. The molecule has 1 aromatic heterocycles. The first-order valence-electron chi connectivity index (χ1n) is 6.14. The van der Waals surface area contributed by atoms with Crippen LogP contribution in [0.25, 0.3) is 0 Å². The van der Waals surface area contributed by atoms with E-state index in [0.717, 1.165) is 15.3 Å². The Morgan fingerprint density at radius 1 is 1.40 bits per heavy atom. The summed E-state index contributed by atoms with van der Waals surface area (Å²) in [6.07, 6.45) is 1.68. The Morgan fingerprint density at radius 2 is 2.10 bits per heavy atom. The molecule has 106 valence electrons. The number of carbonyl (C=O) groups excluding carboxylic acids is 1. The zero-order valence-corrected chi connectivity index (χ0v) is 13.6. The minimum absolute atomic E-state index is 0.0596. The summed E-state index contributed by atoms with van der Waals surface area (Å²) in [6.45, 7) is 4.10. The summed E-state index contributed by atoms with van der Waals surface area (Å²) in [5, 5.41) is 11.5. The number of hydrogen-bond donors (Lipinski definition) is 1. The molecule has 2 aromatic rings. The average Bonchev–Trinajstić information content (AvgIpc) is 2.88. The molecule has 0 aliphatic carbocycles. The van der Waals surface area contributed by atoms with Crippen LogP contribution in [0, 0.1) is 0 Å². The smallest absolute Gasteiger partial charge is 0.234 e. The summed E-state index contributed by atoms with van der Waals surface area (Å²) in [5.74, 6) is 0.247. The lowest BCUT2D eigenvalue weighted by Crippen LogP contribution is -2.14. The second-order valence-electron chi connectivity index (χ2n) is 4.46. The lowest BCUT2D eigenvalue weighted by Gasteiger charge is -2.09. The van der Waals surface area contributed by atoms with Crippen LogP contribution in [0.1, 0.15) is 19.9 Å². The molecule has 0 radical (unpaired) electrons. The van der Waals surface area contributed by atoms with E-state index in [2.05, 4.69) is 45.3 Å². The van der Waals surface area contributed by atoms with Crippen molar-refractivity contribution in [1.29, 1.82) is 0 Å². The number of nitrogens with zero attached hydrogens (tertiary/aromatic N) is 3. The summed E-state index contributed by atoms with van der Waals surface area (Å²) >= 11 is 4.74. The lowest BCUT2D eigenvalue weighted by molar-refractivity contribution is -0.113. The monoisotopic (exact) mass is 354 g/mol. The van der Waals surface area contributed by atoms with Crippen molar-refractivity contribution in [1.82, 2.24) is 14.8 Å². The highest BCUT2D eigenvalue weighted by Gasteiger charge is 2.10. The molecule has 1 N–H and O–H groups in total. The van der Waals surface area contributed by atoms with Crippen molar-refractivity contribution >= 4 is 39.3 Å². The fourth-order valence-corrected chi connectivity index (χ4v) is 2.66. The molecule has 0 fully saturated rings. The molecule has 1 aromatic carbocycles. The van der Waals surface area contributed by atoms with E-state index in [0.29, 0.717) is 5.75 Å². The summed E-state index contributed by atoms with van der Waals surface area (Å²) < 4.78 is 2.92. The number of rotatable bonds is 5. The van der Waals surface area contributed by atoms with Crippen LogP contribution in [0.3, 0.4) is 0 Å². The third-order valence-electron chi connectivity index (χ3n) is 2.56. The van der Waals surface area contributed by atoms with Gasteiger partial charge in [0.05, 0.1) is 5.75 Å². The van der Waals surface area contributed by atoms with Crippen LogP contribution in [0.15, 0.2) is 40.2 Å². The fraction of sp³-hybridized carbons (Fsp3) is 0.308. The molecule has 0 aliphatic rings. The number of nitrogens with one attached hydrogen (secondary N) is 1. The molecular formula is C13H15BrN4OS. The molecule has 1 heterocycles. The van der Waals surface area contributed by atoms with E-state index in [1.54, 1.807) is 6.33 Å². The van der Waals surface area contributed by atoms with Crippen LogP contribution in [-0.4, -0.2) is 26.4 Å². The molecule has 5 nitrogen and oxygen atoms in total. The molecule has 0 aliphatic heterocycles. The topological polar surface area (TPSA) is 59.8 Å². The maximum atomic E-state index is 11.9. The molecule has 0 unspecified atom stereocenters. The van der Waals surface area contributed by atoms with Crippen molar-refractivity contribution in [3.05, 3.63) is 35.1 Å². The quantitative estimate of drug-likeness (QED) is 0.836. The van der Waals surface area contributed by atoms with Gasteiger partial charge in [-0.2, -0.15) is 0 Å². The minimum Gasteiger partial charge on any atom is -0.325 e. The van der Waals surface area contributed by atoms with Gasteiger partial charge in [-0.05, 0) is 38.1 Å². The van der Waals surface area contributed by atoms with Crippen LogP contribution in [0.2, 0.25) is 0 Å². The van der Waals surface area contributed by atoms with E-state index in [1.165, 1.54) is 11.8 Å². The van der Waals surface area contributed by atoms with Gasteiger partial charge in [0.1, 0.15) is 6.33 Å². The van der Waals surface area contributed by atoms with Crippen molar-refractivity contribution in [2.75, 3.05) is 11.1 Å². The van der Waals surface area contributed by atoms with E-state index < -0.39 is 0 Å². The first-order chi connectivity index (χ1) is 9.56. The van der Waals surface area contributed by atoms with Gasteiger partial charge in [-0.15, -0.1) is 10.2 Å². The number of carbonyl (C=O) groups is 1. The van der Waals surface area contributed by atoms with Gasteiger partial charge in [0.15, 0.2) is 5.16 Å². The Hall–Kier alpha value is -1.34. The summed E-state index contributed by atoms with van der Waals surface area (Å²) in [5.41, 5.74) is 0.782. The number of benzene rings is 1. The first kappa shape index (κ1) is 15.1. The Labute approximate surface area is 130 Å². The molecule has 0 saturated carbocycles. The first-order valence-corrected chi connectivity index (χ1v) is 7.92. The normalized spacial score (nSPS) is 10.8. The zero-order valence-electron chi connectivity index (χ0n) is 11.2. The summed E-state index contributed by atoms with van der Waals surface area (Å²) in [7, 11) is 0.